The average molecular weight is 402 g/mol. The fraction of sp³-hybridized carbons (Fsp3) is 0.350. The maximum absolute atomic E-state index is 12.3. The van der Waals surface area contributed by atoms with Crippen molar-refractivity contribution in [2.45, 2.75) is 13.5 Å². The number of hydrogen-bond acceptors (Lipinski definition) is 3. The number of nitrogens with zero attached hydrogens (tertiary/aromatic N) is 2. The van der Waals surface area contributed by atoms with Crippen molar-refractivity contribution < 1.29 is 4.79 Å². The van der Waals surface area contributed by atoms with Crippen LogP contribution in [-0.4, -0.2) is 48.4 Å². The Kier molecular flexibility index (Phi) is 6.24. The molecule has 0 bridgehead atoms. The molecule has 1 aliphatic heterocycles. The first kappa shape index (κ1) is 18.1. The molecule has 1 saturated heterocycles. The molecule has 1 heterocycles. The topological polar surface area (TPSA) is 35.6 Å². The highest BCUT2D eigenvalue weighted by atomic mass is 79.9. The van der Waals surface area contributed by atoms with Gasteiger partial charge in [0.1, 0.15) is 0 Å². The number of rotatable bonds is 5. The molecule has 1 aliphatic rings. The summed E-state index contributed by atoms with van der Waals surface area (Å²) in [7, 11) is 0. The van der Waals surface area contributed by atoms with Crippen LogP contribution in [0.4, 0.5) is 5.69 Å². The highest BCUT2D eigenvalue weighted by Crippen LogP contribution is 2.16. The van der Waals surface area contributed by atoms with Crippen LogP contribution >= 0.6 is 15.9 Å². The first-order valence-electron chi connectivity index (χ1n) is 8.74. The molecule has 0 aliphatic carbocycles. The van der Waals surface area contributed by atoms with E-state index < -0.39 is 0 Å². The second-order valence-corrected chi connectivity index (χ2v) is 7.29. The summed E-state index contributed by atoms with van der Waals surface area (Å²) in [5.41, 5.74) is 2.75. The molecular formula is C20H24BrN3O. The summed E-state index contributed by atoms with van der Waals surface area (Å²) < 4.78 is 0.902. The number of hydrogen-bond donors (Lipinski definition) is 1. The number of nitrogens with one attached hydrogen (secondary N) is 1. The van der Waals surface area contributed by atoms with Gasteiger partial charge in [-0.25, -0.2) is 0 Å². The fourth-order valence-electron chi connectivity index (χ4n) is 3.05. The third-order valence-electron chi connectivity index (χ3n) is 4.62. The molecule has 0 saturated carbocycles. The first-order valence-corrected chi connectivity index (χ1v) is 9.54. The second kappa shape index (κ2) is 8.61. The Labute approximate surface area is 158 Å². The molecular weight excluding hydrogens is 378 g/mol. The van der Waals surface area contributed by atoms with Crippen molar-refractivity contribution in [1.82, 2.24) is 9.80 Å². The van der Waals surface area contributed by atoms with Gasteiger partial charge in [0, 0.05) is 48.4 Å². The van der Waals surface area contributed by atoms with Crippen molar-refractivity contribution in [1.29, 1.82) is 0 Å². The zero-order valence-electron chi connectivity index (χ0n) is 14.5. The Morgan fingerprint density at radius 1 is 1.04 bits per heavy atom. The zero-order chi connectivity index (χ0) is 17.6. The maximum atomic E-state index is 12.3. The van der Waals surface area contributed by atoms with E-state index >= 15 is 0 Å². The van der Waals surface area contributed by atoms with E-state index in [1.165, 1.54) is 5.56 Å². The Bertz CT molecular complexity index is 709. The van der Waals surface area contributed by atoms with Gasteiger partial charge in [-0.2, -0.15) is 0 Å². The van der Waals surface area contributed by atoms with Gasteiger partial charge in [-0.15, -0.1) is 0 Å². The van der Waals surface area contributed by atoms with E-state index in [0.29, 0.717) is 5.56 Å². The third kappa shape index (κ3) is 5.14. The predicted octanol–water partition coefficient (Wildman–Crippen LogP) is 3.84. The van der Waals surface area contributed by atoms with Gasteiger partial charge in [0.2, 0.25) is 0 Å². The molecule has 0 aromatic heterocycles. The van der Waals surface area contributed by atoms with E-state index in [9.17, 15) is 4.79 Å². The molecule has 132 valence electrons. The van der Waals surface area contributed by atoms with E-state index in [1.807, 2.05) is 36.4 Å². The third-order valence-corrected chi connectivity index (χ3v) is 5.11. The molecule has 2 aromatic rings. The summed E-state index contributed by atoms with van der Waals surface area (Å²) in [6.45, 7) is 8.87. The molecule has 0 unspecified atom stereocenters. The Hall–Kier alpha value is -1.69. The summed E-state index contributed by atoms with van der Waals surface area (Å²) >= 11 is 3.39. The number of benzene rings is 2. The monoisotopic (exact) mass is 401 g/mol. The van der Waals surface area contributed by atoms with Gasteiger partial charge in [0.25, 0.3) is 5.91 Å². The van der Waals surface area contributed by atoms with Gasteiger partial charge in [-0.05, 0) is 42.4 Å². The summed E-state index contributed by atoms with van der Waals surface area (Å²) in [6, 6.07) is 15.6. The zero-order valence-corrected chi connectivity index (χ0v) is 16.1. The number of carbonyl (C=O) groups is 1. The molecule has 5 heteroatoms. The average Bonchev–Trinajstić information content (AvgIpc) is 2.64. The van der Waals surface area contributed by atoms with E-state index in [-0.39, 0.29) is 5.91 Å². The largest absolute Gasteiger partial charge is 0.322 e. The van der Waals surface area contributed by atoms with Gasteiger partial charge in [-0.3, -0.25) is 9.69 Å². The fourth-order valence-corrected chi connectivity index (χ4v) is 3.45. The Morgan fingerprint density at radius 2 is 1.72 bits per heavy atom. The molecule has 3 rings (SSSR count). The maximum Gasteiger partial charge on any atom is 0.255 e. The van der Waals surface area contributed by atoms with Crippen molar-refractivity contribution in [2.24, 2.45) is 0 Å². The van der Waals surface area contributed by atoms with Crippen LogP contribution in [0.1, 0.15) is 22.8 Å². The summed E-state index contributed by atoms with van der Waals surface area (Å²) in [5.74, 6) is -0.0928. The van der Waals surface area contributed by atoms with Crippen LogP contribution < -0.4 is 5.32 Å². The number of halogens is 1. The molecule has 2 aromatic carbocycles. The number of amides is 1. The molecule has 4 nitrogen and oxygen atoms in total. The summed E-state index contributed by atoms with van der Waals surface area (Å²) in [6.07, 6.45) is 0. The van der Waals surface area contributed by atoms with Gasteiger partial charge >= 0.3 is 0 Å². The SMILES string of the molecule is CCN1CCN(Cc2ccc(NC(=O)c3cccc(Br)c3)cc2)CC1. The van der Waals surface area contributed by atoms with Gasteiger partial charge in [0.05, 0.1) is 0 Å². The molecule has 0 atom stereocenters. The Morgan fingerprint density at radius 3 is 2.36 bits per heavy atom. The molecule has 1 amide bonds. The second-order valence-electron chi connectivity index (χ2n) is 6.37. The van der Waals surface area contributed by atoms with Crippen LogP contribution in [0.2, 0.25) is 0 Å². The molecule has 0 spiro atoms. The highest BCUT2D eigenvalue weighted by Gasteiger charge is 2.15. The quantitative estimate of drug-likeness (QED) is 0.826. The molecule has 25 heavy (non-hydrogen) atoms. The molecule has 1 fully saturated rings. The van der Waals surface area contributed by atoms with Crippen LogP contribution in [0.15, 0.2) is 53.0 Å². The van der Waals surface area contributed by atoms with Crippen molar-refractivity contribution in [3.63, 3.8) is 0 Å². The normalized spacial score (nSPS) is 15.9. The van der Waals surface area contributed by atoms with Gasteiger partial charge in [0.15, 0.2) is 0 Å². The van der Waals surface area contributed by atoms with Crippen LogP contribution in [0.3, 0.4) is 0 Å². The number of piperazine rings is 1. The minimum absolute atomic E-state index is 0.0928. The minimum Gasteiger partial charge on any atom is -0.322 e. The van der Waals surface area contributed by atoms with E-state index in [4.69, 9.17) is 0 Å². The lowest BCUT2D eigenvalue weighted by molar-refractivity contribution is 0.102. The molecule has 0 radical (unpaired) electrons. The van der Waals surface area contributed by atoms with Crippen LogP contribution in [0.5, 0.6) is 0 Å². The summed E-state index contributed by atoms with van der Waals surface area (Å²) in [4.78, 5) is 17.3. The standard InChI is InChI=1S/C20H24BrN3O/c1-2-23-10-12-24(13-11-23)15-16-6-8-19(9-7-16)22-20(25)17-4-3-5-18(21)14-17/h3-9,14H,2,10-13,15H2,1H3,(H,22,25). The minimum atomic E-state index is -0.0928. The van der Waals surface area contributed by atoms with Crippen LogP contribution in [-0.2, 0) is 6.54 Å². The summed E-state index contributed by atoms with van der Waals surface area (Å²) in [5, 5.41) is 2.95. The van der Waals surface area contributed by atoms with Gasteiger partial charge in [-0.1, -0.05) is 41.1 Å². The molecule has 1 N–H and O–H groups in total. The van der Waals surface area contributed by atoms with Crippen molar-refractivity contribution in [2.75, 3.05) is 38.0 Å². The van der Waals surface area contributed by atoms with Crippen molar-refractivity contribution in [3.8, 4) is 0 Å². The lowest BCUT2D eigenvalue weighted by Crippen LogP contribution is -2.45. The lowest BCUT2D eigenvalue weighted by Gasteiger charge is -2.34. The number of likely N-dealkylation sites (N-methyl/N-ethyl adjacent to an activating group) is 1. The van der Waals surface area contributed by atoms with Crippen molar-refractivity contribution >= 4 is 27.5 Å². The highest BCUT2D eigenvalue weighted by molar-refractivity contribution is 9.10. The van der Waals surface area contributed by atoms with Crippen LogP contribution in [0.25, 0.3) is 0 Å². The number of carbonyl (C=O) groups excluding carboxylic acids is 1. The lowest BCUT2D eigenvalue weighted by atomic mass is 10.1. The smallest absolute Gasteiger partial charge is 0.255 e. The van der Waals surface area contributed by atoms with E-state index in [0.717, 1.165) is 49.4 Å². The van der Waals surface area contributed by atoms with E-state index in [1.54, 1.807) is 0 Å². The van der Waals surface area contributed by atoms with Crippen LogP contribution in [0, 0.1) is 0 Å². The first-order chi connectivity index (χ1) is 12.1. The predicted molar refractivity (Wildman–Crippen MR) is 106 cm³/mol. The Balaban J connectivity index is 1.54. The number of anilines is 1. The van der Waals surface area contributed by atoms with Crippen molar-refractivity contribution in [3.05, 3.63) is 64.1 Å². The van der Waals surface area contributed by atoms with Gasteiger partial charge < -0.3 is 10.2 Å². The van der Waals surface area contributed by atoms with E-state index in [2.05, 4.69) is 50.1 Å².